The molecule has 0 bridgehead atoms. The highest BCUT2D eigenvalue weighted by Crippen LogP contribution is 2.45. The Labute approximate surface area is 216 Å². The summed E-state index contributed by atoms with van der Waals surface area (Å²) in [6, 6.07) is 11.0. The largest absolute Gasteiger partial charge is 0.490 e. The van der Waals surface area contributed by atoms with E-state index in [4.69, 9.17) is 25.8 Å². The van der Waals surface area contributed by atoms with Crippen LogP contribution in [0.25, 0.3) is 0 Å². The highest BCUT2D eigenvalue weighted by atomic mass is 79.9. The van der Waals surface area contributed by atoms with Gasteiger partial charge in [0, 0.05) is 11.2 Å². The van der Waals surface area contributed by atoms with Gasteiger partial charge >= 0.3 is 5.97 Å². The van der Waals surface area contributed by atoms with Gasteiger partial charge < -0.3 is 19.1 Å². The Balaban J connectivity index is 1.72. The number of allylic oxidation sites excluding steroid dienone is 1. The lowest BCUT2D eigenvalue weighted by Gasteiger charge is -2.33. The van der Waals surface area contributed by atoms with Crippen molar-refractivity contribution in [2.75, 3.05) is 13.2 Å². The van der Waals surface area contributed by atoms with Crippen LogP contribution in [0.2, 0.25) is 5.02 Å². The molecular weight excluding hydrogens is 540 g/mol. The highest BCUT2D eigenvalue weighted by molar-refractivity contribution is 9.10. The van der Waals surface area contributed by atoms with E-state index in [1.807, 2.05) is 66.8 Å². The average Bonchev–Trinajstić information content (AvgIpc) is 3.27. The number of aliphatic imine (C=N–C) groups is 1. The third kappa shape index (κ3) is 5.14. The van der Waals surface area contributed by atoms with E-state index >= 15 is 0 Å². The van der Waals surface area contributed by atoms with Crippen molar-refractivity contribution in [1.82, 2.24) is 4.90 Å². The van der Waals surface area contributed by atoms with Crippen molar-refractivity contribution in [3.8, 4) is 11.5 Å². The molecule has 2 heterocycles. The van der Waals surface area contributed by atoms with E-state index in [9.17, 15) is 4.79 Å². The van der Waals surface area contributed by atoms with Crippen LogP contribution in [0, 0.1) is 0 Å². The minimum Gasteiger partial charge on any atom is -0.490 e. The predicted molar refractivity (Wildman–Crippen MR) is 139 cm³/mol. The van der Waals surface area contributed by atoms with E-state index in [1.165, 1.54) is 11.8 Å². The van der Waals surface area contributed by atoms with Crippen LogP contribution < -0.4 is 9.47 Å². The number of esters is 1. The van der Waals surface area contributed by atoms with Crippen molar-refractivity contribution in [2.45, 2.75) is 33.4 Å². The van der Waals surface area contributed by atoms with Crippen molar-refractivity contribution in [1.29, 1.82) is 0 Å². The number of amidine groups is 1. The smallest absolute Gasteiger partial charge is 0.338 e. The Bertz CT molecular complexity index is 1180. The molecular formula is C25H24BrClN2O4S. The lowest BCUT2D eigenvalue weighted by atomic mass is 9.94. The number of hydrogen-bond acceptors (Lipinski definition) is 7. The second-order valence-electron chi connectivity index (χ2n) is 7.50. The van der Waals surface area contributed by atoms with Gasteiger partial charge in [0.1, 0.15) is 6.61 Å². The molecule has 0 aliphatic carbocycles. The van der Waals surface area contributed by atoms with Crippen LogP contribution in [0.5, 0.6) is 11.5 Å². The molecule has 0 saturated carbocycles. The molecule has 9 heteroatoms. The quantitative estimate of drug-likeness (QED) is 0.328. The van der Waals surface area contributed by atoms with Crippen molar-refractivity contribution < 1.29 is 19.0 Å². The molecule has 2 aliphatic rings. The molecule has 0 spiro atoms. The summed E-state index contributed by atoms with van der Waals surface area (Å²) < 4.78 is 18.2. The molecule has 0 aromatic heterocycles. The van der Waals surface area contributed by atoms with Gasteiger partial charge in [-0.3, -0.25) is 0 Å². The number of hydrogen-bond donors (Lipinski definition) is 0. The van der Waals surface area contributed by atoms with Crippen LogP contribution in [-0.4, -0.2) is 29.3 Å². The van der Waals surface area contributed by atoms with E-state index < -0.39 is 6.04 Å². The summed E-state index contributed by atoms with van der Waals surface area (Å²) in [5, 5.41) is 3.44. The summed E-state index contributed by atoms with van der Waals surface area (Å²) in [7, 11) is 0. The Hall–Kier alpha value is -2.42. The van der Waals surface area contributed by atoms with E-state index in [2.05, 4.69) is 20.9 Å². The molecule has 0 amide bonds. The first-order valence-corrected chi connectivity index (χ1v) is 12.9. The maximum Gasteiger partial charge on any atom is 0.338 e. The molecule has 2 aliphatic heterocycles. The molecule has 4 rings (SSSR count). The zero-order chi connectivity index (χ0) is 24.2. The Kier molecular flexibility index (Phi) is 7.91. The molecule has 34 heavy (non-hydrogen) atoms. The van der Waals surface area contributed by atoms with Gasteiger partial charge in [0.2, 0.25) is 0 Å². The van der Waals surface area contributed by atoms with Crippen molar-refractivity contribution in [3.05, 3.63) is 79.9 Å². The van der Waals surface area contributed by atoms with Crippen molar-refractivity contribution in [3.63, 3.8) is 0 Å². The van der Waals surface area contributed by atoms with E-state index in [1.54, 1.807) is 6.92 Å². The Morgan fingerprint density at radius 2 is 1.94 bits per heavy atom. The minimum absolute atomic E-state index is 0.287. The Morgan fingerprint density at radius 3 is 2.65 bits per heavy atom. The standard InChI is InChI=1S/C25H24BrClN2O4S/c1-4-31-20-13-17(12-19(26)23(20)33-14-16-6-8-18(27)9-7-16)22-21(24(30)32-5-2)15(3)28-25-29(22)10-11-34-25/h6-13,22H,4-5,14H2,1-3H3/t22-/m0/s1. The predicted octanol–water partition coefficient (Wildman–Crippen LogP) is 6.85. The summed E-state index contributed by atoms with van der Waals surface area (Å²) in [5.74, 6) is 0.798. The minimum atomic E-state index is -0.404. The van der Waals surface area contributed by atoms with Crippen molar-refractivity contribution >= 4 is 50.4 Å². The maximum atomic E-state index is 12.9. The summed E-state index contributed by atoms with van der Waals surface area (Å²) in [4.78, 5) is 19.5. The first-order valence-electron chi connectivity index (χ1n) is 10.8. The zero-order valence-corrected chi connectivity index (χ0v) is 22.2. The van der Waals surface area contributed by atoms with Gasteiger partial charge in [-0.15, -0.1) is 0 Å². The molecule has 1 atom stereocenters. The number of fused-ring (bicyclic) bond motifs is 1. The van der Waals surface area contributed by atoms with Crippen molar-refractivity contribution in [2.24, 2.45) is 4.99 Å². The molecule has 0 saturated heterocycles. The monoisotopic (exact) mass is 562 g/mol. The van der Waals surface area contributed by atoms with Gasteiger partial charge in [-0.25, -0.2) is 9.79 Å². The first kappa shape index (κ1) is 24.7. The summed E-state index contributed by atoms with van der Waals surface area (Å²) in [5.41, 5.74) is 2.99. The van der Waals surface area contributed by atoms with Crippen LogP contribution >= 0.6 is 39.3 Å². The maximum absolute atomic E-state index is 12.9. The molecule has 0 unspecified atom stereocenters. The normalized spacial score (nSPS) is 16.9. The van der Waals surface area contributed by atoms with Crippen LogP contribution in [-0.2, 0) is 16.1 Å². The molecule has 2 aromatic carbocycles. The van der Waals surface area contributed by atoms with Gasteiger partial charge in [-0.2, -0.15) is 0 Å². The second-order valence-corrected chi connectivity index (χ2v) is 9.67. The number of benzene rings is 2. The lowest BCUT2D eigenvalue weighted by molar-refractivity contribution is -0.139. The lowest BCUT2D eigenvalue weighted by Crippen LogP contribution is -2.34. The molecule has 0 N–H and O–H groups in total. The topological polar surface area (TPSA) is 60.4 Å². The van der Waals surface area contributed by atoms with E-state index in [0.29, 0.717) is 41.0 Å². The third-order valence-corrected chi connectivity index (χ3v) is 6.87. The second kappa shape index (κ2) is 10.9. The van der Waals surface area contributed by atoms with Crippen LogP contribution in [0.3, 0.4) is 0 Å². The summed E-state index contributed by atoms with van der Waals surface area (Å²) in [6.45, 7) is 6.66. The van der Waals surface area contributed by atoms with Crippen LogP contribution in [0.15, 0.2) is 68.7 Å². The fraction of sp³-hybridized carbons (Fsp3) is 0.280. The van der Waals surface area contributed by atoms with E-state index in [-0.39, 0.29) is 12.6 Å². The van der Waals surface area contributed by atoms with Gasteiger partial charge in [0.05, 0.1) is 35.0 Å². The molecule has 0 radical (unpaired) electrons. The van der Waals surface area contributed by atoms with Gasteiger partial charge in [0.15, 0.2) is 16.7 Å². The first-order chi connectivity index (χ1) is 16.4. The van der Waals surface area contributed by atoms with E-state index in [0.717, 1.165) is 20.8 Å². The number of thioether (sulfide) groups is 1. The fourth-order valence-electron chi connectivity index (χ4n) is 3.78. The number of halogens is 2. The van der Waals surface area contributed by atoms with Crippen LogP contribution in [0.1, 0.15) is 37.9 Å². The number of ether oxygens (including phenoxy) is 3. The summed E-state index contributed by atoms with van der Waals surface area (Å²) in [6.07, 6.45) is 1.93. The summed E-state index contributed by atoms with van der Waals surface area (Å²) >= 11 is 11.2. The van der Waals surface area contributed by atoms with Crippen LogP contribution in [0.4, 0.5) is 0 Å². The van der Waals surface area contributed by atoms with Gasteiger partial charge in [0.25, 0.3) is 0 Å². The SMILES string of the molecule is CCOC(=O)C1=C(C)N=C2SC=CN2[C@H]1c1cc(Br)c(OCc2ccc(Cl)cc2)c(OCC)c1. The molecule has 2 aromatic rings. The number of rotatable bonds is 8. The highest BCUT2D eigenvalue weighted by Gasteiger charge is 2.38. The molecule has 6 nitrogen and oxygen atoms in total. The van der Waals surface area contributed by atoms with Gasteiger partial charge in [-0.05, 0) is 77.5 Å². The molecule has 178 valence electrons. The molecule has 0 fully saturated rings. The Morgan fingerprint density at radius 1 is 1.18 bits per heavy atom. The number of carbonyl (C=O) groups is 1. The van der Waals surface area contributed by atoms with Gasteiger partial charge in [-0.1, -0.05) is 35.5 Å². The average molecular weight is 564 g/mol. The third-order valence-electron chi connectivity index (χ3n) is 5.26. The number of nitrogens with zero attached hydrogens (tertiary/aromatic N) is 2. The fourth-order valence-corrected chi connectivity index (χ4v) is 5.27. The zero-order valence-electron chi connectivity index (χ0n) is 19.0. The number of carbonyl (C=O) groups excluding carboxylic acids is 1.